The molecule has 1 N–H and O–H groups in total. The summed E-state index contributed by atoms with van der Waals surface area (Å²) in [5, 5.41) is 9.70. The summed E-state index contributed by atoms with van der Waals surface area (Å²) in [6.45, 7) is 0. The SMILES string of the molecule is O=C1C(O)C2CCC3C1CCC23. The molecule has 3 saturated carbocycles. The Morgan fingerprint density at radius 1 is 1.00 bits per heavy atom. The predicted molar refractivity (Wildman–Crippen MR) is 43.4 cm³/mol. The van der Waals surface area contributed by atoms with Crippen molar-refractivity contribution in [3.63, 3.8) is 0 Å². The molecule has 5 unspecified atom stereocenters. The zero-order valence-electron chi connectivity index (χ0n) is 7.07. The minimum atomic E-state index is -0.596. The van der Waals surface area contributed by atoms with Crippen molar-refractivity contribution >= 4 is 5.78 Å². The zero-order chi connectivity index (χ0) is 8.29. The summed E-state index contributed by atoms with van der Waals surface area (Å²) < 4.78 is 0. The van der Waals surface area contributed by atoms with Crippen LogP contribution in [0.3, 0.4) is 0 Å². The van der Waals surface area contributed by atoms with Gasteiger partial charge < -0.3 is 5.11 Å². The van der Waals surface area contributed by atoms with Crippen LogP contribution in [0.2, 0.25) is 0 Å². The molecule has 4 bridgehead atoms. The zero-order valence-corrected chi connectivity index (χ0v) is 7.07. The highest BCUT2D eigenvalue weighted by Gasteiger charge is 2.56. The van der Waals surface area contributed by atoms with Crippen LogP contribution in [0.5, 0.6) is 0 Å². The van der Waals surface area contributed by atoms with Crippen molar-refractivity contribution in [3.05, 3.63) is 0 Å². The fourth-order valence-corrected chi connectivity index (χ4v) is 3.82. The highest BCUT2D eigenvalue weighted by atomic mass is 16.3. The Kier molecular flexibility index (Phi) is 1.24. The Morgan fingerprint density at radius 2 is 1.67 bits per heavy atom. The van der Waals surface area contributed by atoms with E-state index in [4.69, 9.17) is 0 Å². The van der Waals surface area contributed by atoms with Gasteiger partial charge in [0.2, 0.25) is 0 Å². The van der Waals surface area contributed by atoms with Crippen LogP contribution in [0.1, 0.15) is 25.7 Å². The Bertz CT molecular complexity index is 236. The van der Waals surface area contributed by atoms with Crippen LogP contribution in [0.25, 0.3) is 0 Å². The van der Waals surface area contributed by atoms with E-state index in [1.807, 2.05) is 0 Å². The topological polar surface area (TPSA) is 37.3 Å². The molecule has 2 nitrogen and oxygen atoms in total. The van der Waals surface area contributed by atoms with Gasteiger partial charge in [0.25, 0.3) is 0 Å². The van der Waals surface area contributed by atoms with Gasteiger partial charge >= 0.3 is 0 Å². The number of Topliss-reactive ketones (excluding diaryl/α,β-unsaturated/α-hetero) is 1. The number of hydrogen-bond acceptors (Lipinski definition) is 2. The third kappa shape index (κ3) is 0.634. The maximum Gasteiger partial charge on any atom is 0.164 e. The van der Waals surface area contributed by atoms with E-state index >= 15 is 0 Å². The monoisotopic (exact) mass is 166 g/mol. The smallest absolute Gasteiger partial charge is 0.164 e. The molecule has 3 aliphatic carbocycles. The summed E-state index contributed by atoms with van der Waals surface area (Å²) >= 11 is 0. The third-order valence-corrected chi connectivity index (χ3v) is 4.32. The quantitative estimate of drug-likeness (QED) is 0.582. The van der Waals surface area contributed by atoms with Crippen LogP contribution >= 0.6 is 0 Å². The number of rotatable bonds is 0. The molecule has 5 atom stereocenters. The number of aliphatic hydroxyl groups is 1. The van der Waals surface area contributed by atoms with Gasteiger partial charge in [-0.05, 0) is 43.4 Å². The minimum Gasteiger partial charge on any atom is -0.385 e. The van der Waals surface area contributed by atoms with E-state index in [1.165, 1.54) is 12.8 Å². The van der Waals surface area contributed by atoms with E-state index in [2.05, 4.69) is 0 Å². The van der Waals surface area contributed by atoms with Crippen molar-refractivity contribution in [2.24, 2.45) is 23.7 Å². The van der Waals surface area contributed by atoms with Crippen LogP contribution in [-0.2, 0) is 4.79 Å². The molecule has 3 fully saturated rings. The van der Waals surface area contributed by atoms with E-state index in [0.717, 1.165) is 12.8 Å². The maximum absolute atomic E-state index is 11.6. The number of ketones is 1. The van der Waals surface area contributed by atoms with Gasteiger partial charge in [-0.3, -0.25) is 4.79 Å². The van der Waals surface area contributed by atoms with Crippen molar-refractivity contribution in [2.75, 3.05) is 0 Å². The van der Waals surface area contributed by atoms with Gasteiger partial charge in [-0.25, -0.2) is 0 Å². The molecule has 0 aliphatic heterocycles. The van der Waals surface area contributed by atoms with Gasteiger partial charge in [-0.1, -0.05) is 0 Å². The summed E-state index contributed by atoms with van der Waals surface area (Å²) in [7, 11) is 0. The lowest BCUT2D eigenvalue weighted by molar-refractivity contribution is -0.138. The number of carbonyl (C=O) groups excluding carboxylic acids is 1. The molecule has 66 valence electrons. The van der Waals surface area contributed by atoms with Gasteiger partial charge in [0.15, 0.2) is 5.78 Å². The van der Waals surface area contributed by atoms with Crippen molar-refractivity contribution < 1.29 is 9.90 Å². The van der Waals surface area contributed by atoms with Gasteiger partial charge in [0.1, 0.15) is 6.10 Å². The Hall–Kier alpha value is -0.370. The standard InChI is InChI=1S/C10H14O2/c11-9-7-3-1-5-6(7)2-4-8(5)10(9)12/h5-9,11H,1-4H2. The summed E-state index contributed by atoms with van der Waals surface area (Å²) in [6, 6.07) is 0. The lowest BCUT2D eigenvalue weighted by atomic mass is 9.76. The van der Waals surface area contributed by atoms with Crippen LogP contribution in [-0.4, -0.2) is 17.0 Å². The average Bonchev–Trinajstić information content (AvgIpc) is 2.55. The molecule has 0 aromatic rings. The summed E-state index contributed by atoms with van der Waals surface area (Å²) in [5.74, 6) is 2.09. The van der Waals surface area contributed by atoms with E-state index in [9.17, 15) is 9.90 Å². The molecule has 0 saturated heterocycles. The first-order valence-electron chi connectivity index (χ1n) is 5.01. The number of hydrogen-bond donors (Lipinski definition) is 1. The van der Waals surface area contributed by atoms with Crippen LogP contribution < -0.4 is 0 Å². The van der Waals surface area contributed by atoms with E-state index < -0.39 is 6.10 Å². The first-order chi connectivity index (χ1) is 5.79. The second-order valence-corrected chi connectivity index (χ2v) is 4.60. The van der Waals surface area contributed by atoms with Crippen molar-refractivity contribution in [1.82, 2.24) is 0 Å². The van der Waals surface area contributed by atoms with E-state index in [1.54, 1.807) is 0 Å². The molecular formula is C10H14O2. The first kappa shape index (κ1) is 7.07. The van der Waals surface area contributed by atoms with Gasteiger partial charge in [0.05, 0.1) is 0 Å². The molecule has 0 aromatic heterocycles. The predicted octanol–water partition coefficient (Wildman–Crippen LogP) is 0.982. The Balaban J connectivity index is 2.04. The fourth-order valence-electron chi connectivity index (χ4n) is 3.82. The molecule has 2 heteroatoms. The van der Waals surface area contributed by atoms with E-state index in [-0.39, 0.29) is 11.7 Å². The van der Waals surface area contributed by atoms with Crippen molar-refractivity contribution in [2.45, 2.75) is 31.8 Å². The first-order valence-corrected chi connectivity index (χ1v) is 5.01. The van der Waals surface area contributed by atoms with Crippen LogP contribution in [0, 0.1) is 23.7 Å². The molecule has 3 rings (SSSR count). The van der Waals surface area contributed by atoms with Crippen LogP contribution in [0.15, 0.2) is 0 Å². The lowest BCUT2D eigenvalue weighted by Gasteiger charge is -2.30. The van der Waals surface area contributed by atoms with Gasteiger partial charge in [-0.2, -0.15) is 0 Å². The Labute approximate surface area is 72.0 Å². The molecule has 0 spiro atoms. The summed E-state index contributed by atoms with van der Waals surface area (Å²) in [4.78, 5) is 11.6. The lowest BCUT2D eigenvalue weighted by Crippen LogP contribution is -2.40. The molecule has 0 radical (unpaired) electrons. The molecule has 0 aromatic carbocycles. The van der Waals surface area contributed by atoms with Gasteiger partial charge in [0, 0.05) is 5.92 Å². The van der Waals surface area contributed by atoms with E-state index in [0.29, 0.717) is 17.8 Å². The minimum absolute atomic E-state index is 0.163. The molecule has 12 heavy (non-hydrogen) atoms. The second-order valence-electron chi connectivity index (χ2n) is 4.60. The number of carbonyl (C=O) groups is 1. The second kappa shape index (κ2) is 2.11. The van der Waals surface area contributed by atoms with Crippen LogP contribution in [0.4, 0.5) is 0 Å². The fraction of sp³-hybridized carbons (Fsp3) is 0.900. The molecule has 0 amide bonds. The average molecular weight is 166 g/mol. The summed E-state index contributed by atoms with van der Waals surface area (Å²) in [5.41, 5.74) is 0. The van der Waals surface area contributed by atoms with Crippen molar-refractivity contribution in [3.8, 4) is 0 Å². The molecular weight excluding hydrogens is 152 g/mol. The van der Waals surface area contributed by atoms with Gasteiger partial charge in [-0.15, -0.1) is 0 Å². The molecule has 0 heterocycles. The normalized spacial score (nSPS) is 56.4. The molecule has 3 aliphatic rings. The Morgan fingerprint density at radius 3 is 2.50 bits per heavy atom. The highest BCUT2D eigenvalue weighted by Crippen LogP contribution is 2.56. The summed E-state index contributed by atoms with van der Waals surface area (Å²) in [6.07, 6.45) is 3.95. The largest absolute Gasteiger partial charge is 0.385 e. The third-order valence-electron chi connectivity index (χ3n) is 4.32. The maximum atomic E-state index is 11.6. The number of aliphatic hydroxyl groups excluding tert-OH is 1. The highest BCUT2D eigenvalue weighted by molar-refractivity contribution is 5.87. The van der Waals surface area contributed by atoms with Crippen molar-refractivity contribution in [1.29, 1.82) is 0 Å².